The summed E-state index contributed by atoms with van der Waals surface area (Å²) in [7, 11) is 0. The van der Waals surface area contributed by atoms with E-state index in [1.807, 2.05) is 36.4 Å². The predicted octanol–water partition coefficient (Wildman–Crippen LogP) is 5.44. The molecule has 4 heteroatoms. The highest BCUT2D eigenvalue weighted by Crippen LogP contribution is 2.36. The Kier molecular flexibility index (Phi) is 5.97. The Labute approximate surface area is 160 Å². The molecule has 1 amide bonds. The molecule has 0 saturated carbocycles. The summed E-state index contributed by atoms with van der Waals surface area (Å²) in [4.78, 5) is 12.6. The molecular formula is C23H25NO3. The lowest BCUT2D eigenvalue weighted by atomic mass is 9.98. The Morgan fingerprint density at radius 1 is 1.15 bits per heavy atom. The Morgan fingerprint density at radius 2 is 1.93 bits per heavy atom. The molecule has 2 N–H and O–H groups in total. The molecule has 1 heterocycles. The van der Waals surface area contributed by atoms with E-state index in [9.17, 15) is 9.90 Å². The lowest BCUT2D eigenvalue weighted by molar-refractivity contribution is -0.112. The fourth-order valence-corrected chi connectivity index (χ4v) is 3.11. The minimum Gasteiger partial charge on any atom is -0.508 e. The summed E-state index contributed by atoms with van der Waals surface area (Å²) in [5, 5.41) is 13.1. The van der Waals surface area contributed by atoms with E-state index in [1.165, 1.54) is 12.8 Å². The zero-order valence-corrected chi connectivity index (χ0v) is 15.6. The quantitative estimate of drug-likeness (QED) is 0.644. The summed E-state index contributed by atoms with van der Waals surface area (Å²) >= 11 is 0. The number of fused-ring (bicyclic) bond motifs is 1. The van der Waals surface area contributed by atoms with Crippen LogP contribution in [-0.4, -0.2) is 11.0 Å². The number of aryl methyl sites for hydroxylation is 1. The zero-order chi connectivity index (χ0) is 19.2. The molecular weight excluding hydrogens is 338 g/mol. The molecule has 3 rings (SSSR count). The van der Waals surface area contributed by atoms with Crippen LogP contribution in [0.15, 0.2) is 60.4 Å². The molecule has 0 radical (unpaired) electrons. The van der Waals surface area contributed by atoms with Gasteiger partial charge < -0.3 is 15.2 Å². The van der Waals surface area contributed by atoms with Crippen molar-refractivity contribution in [2.24, 2.45) is 0 Å². The van der Waals surface area contributed by atoms with Crippen LogP contribution in [-0.2, 0) is 11.2 Å². The Hall–Kier alpha value is -3.01. The fraction of sp³-hybridized carbons (Fsp3) is 0.261. The fourth-order valence-electron chi connectivity index (χ4n) is 3.11. The molecule has 0 atom stereocenters. The smallest absolute Gasteiger partial charge is 0.259 e. The van der Waals surface area contributed by atoms with Gasteiger partial charge in [0, 0.05) is 17.3 Å². The number of amides is 1. The maximum atomic E-state index is 12.6. The van der Waals surface area contributed by atoms with Gasteiger partial charge >= 0.3 is 0 Å². The van der Waals surface area contributed by atoms with Gasteiger partial charge in [0.15, 0.2) is 0 Å². The molecule has 1 aliphatic heterocycles. The number of hydrogen-bond donors (Lipinski definition) is 2. The molecule has 4 nitrogen and oxygen atoms in total. The summed E-state index contributed by atoms with van der Waals surface area (Å²) in [6, 6.07) is 12.8. The molecule has 0 aromatic heterocycles. The lowest BCUT2D eigenvalue weighted by Gasteiger charge is -2.20. The molecule has 0 bridgehead atoms. The number of anilines is 1. The number of carbonyl (C=O) groups is 1. The van der Waals surface area contributed by atoms with Crippen LogP contribution >= 0.6 is 0 Å². The first-order chi connectivity index (χ1) is 13.1. The van der Waals surface area contributed by atoms with E-state index >= 15 is 0 Å². The van der Waals surface area contributed by atoms with Gasteiger partial charge in [-0.05, 0) is 42.7 Å². The maximum absolute atomic E-state index is 12.6. The monoisotopic (exact) mass is 363 g/mol. The summed E-state index contributed by atoms with van der Waals surface area (Å²) in [5.74, 6) is 0.746. The number of phenols is 1. The van der Waals surface area contributed by atoms with Crippen molar-refractivity contribution in [2.75, 3.05) is 5.32 Å². The average Bonchev–Trinajstić information content (AvgIpc) is 2.66. The van der Waals surface area contributed by atoms with Gasteiger partial charge in [0.05, 0.1) is 5.57 Å². The van der Waals surface area contributed by atoms with E-state index < -0.39 is 0 Å². The van der Waals surface area contributed by atoms with Gasteiger partial charge in [-0.1, -0.05) is 51.0 Å². The maximum Gasteiger partial charge on any atom is 0.259 e. The van der Waals surface area contributed by atoms with Crippen molar-refractivity contribution in [3.8, 4) is 11.5 Å². The van der Waals surface area contributed by atoms with Gasteiger partial charge in [0.1, 0.15) is 17.3 Å². The minimum atomic E-state index is -0.269. The normalized spacial score (nSPS) is 12.8. The predicted molar refractivity (Wildman–Crippen MR) is 109 cm³/mol. The van der Waals surface area contributed by atoms with Crippen molar-refractivity contribution in [1.82, 2.24) is 0 Å². The third-order valence-corrected chi connectivity index (χ3v) is 4.62. The molecule has 0 fully saturated rings. The zero-order valence-electron chi connectivity index (χ0n) is 15.6. The van der Waals surface area contributed by atoms with Gasteiger partial charge in [0.2, 0.25) is 0 Å². The number of benzene rings is 2. The van der Waals surface area contributed by atoms with E-state index in [1.54, 1.807) is 12.1 Å². The highest BCUT2D eigenvalue weighted by atomic mass is 16.5. The van der Waals surface area contributed by atoms with E-state index in [2.05, 4.69) is 18.8 Å². The van der Waals surface area contributed by atoms with Crippen LogP contribution in [0.5, 0.6) is 11.5 Å². The van der Waals surface area contributed by atoms with E-state index in [0.29, 0.717) is 17.0 Å². The van der Waals surface area contributed by atoms with Gasteiger partial charge in [-0.2, -0.15) is 0 Å². The number of phenolic OH excluding ortho intramolecular Hbond substituents is 1. The van der Waals surface area contributed by atoms with Crippen LogP contribution in [0.4, 0.5) is 5.69 Å². The molecule has 0 saturated heterocycles. The van der Waals surface area contributed by atoms with Gasteiger partial charge in [-0.3, -0.25) is 4.79 Å². The first-order valence-corrected chi connectivity index (χ1v) is 9.39. The molecule has 2 aromatic rings. The van der Waals surface area contributed by atoms with Gasteiger partial charge in [0.25, 0.3) is 5.91 Å². The van der Waals surface area contributed by atoms with Crippen molar-refractivity contribution in [3.63, 3.8) is 0 Å². The number of rotatable bonds is 7. The third kappa shape index (κ3) is 4.59. The lowest BCUT2D eigenvalue weighted by Crippen LogP contribution is -2.19. The van der Waals surface area contributed by atoms with Gasteiger partial charge in [-0.25, -0.2) is 0 Å². The van der Waals surface area contributed by atoms with Crippen LogP contribution in [0.2, 0.25) is 0 Å². The highest BCUT2D eigenvalue weighted by Gasteiger charge is 2.23. The number of carbonyl (C=O) groups excluding carboxylic acids is 1. The van der Waals surface area contributed by atoms with Crippen molar-refractivity contribution >= 4 is 17.7 Å². The van der Waals surface area contributed by atoms with Crippen LogP contribution in [0.25, 0.3) is 6.08 Å². The SMILES string of the molecule is C=C1Oc2cc(O)c(CCCCCC)cc2C=C1C(=O)Nc1ccccc1. The minimum absolute atomic E-state index is 0.226. The van der Waals surface area contributed by atoms with Crippen LogP contribution in [0.3, 0.4) is 0 Å². The second-order valence-corrected chi connectivity index (χ2v) is 6.73. The number of nitrogens with one attached hydrogen (secondary N) is 1. The standard InChI is InChI=1S/C23H25NO3/c1-3-4-5-7-10-17-13-18-14-20(16(2)27-22(18)15-21(17)25)23(26)24-19-11-8-6-9-12-19/h6,8-9,11-15,25H,2-5,7,10H2,1H3,(H,24,26). The Morgan fingerprint density at radius 3 is 2.67 bits per heavy atom. The molecule has 1 aliphatic rings. The molecule has 27 heavy (non-hydrogen) atoms. The molecule has 2 aromatic carbocycles. The number of unbranched alkanes of at least 4 members (excludes halogenated alkanes) is 3. The first-order valence-electron chi connectivity index (χ1n) is 9.39. The number of para-hydroxylation sites is 1. The molecule has 0 aliphatic carbocycles. The molecule has 0 unspecified atom stereocenters. The second-order valence-electron chi connectivity index (χ2n) is 6.73. The van der Waals surface area contributed by atoms with Crippen LogP contribution in [0, 0.1) is 0 Å². The highest BCUT2D eigenvalue weighted by molar-refractivity contribution is 6.10. The number of ether oxygens (including phenoxy) is 1. The summed E-state index contributed by atoms with van der Waals surface area (Å²) < 4.78 is 5.70. The van der Waals surface area contributed by atoms with Crippen molar-refractivity contribution < 1.29 is 14.6 Å². The topological polar surface area (TPSA) is 58.6 Å². The van der Waals surface area contributed by atoms with E-state index in [4.69, 9.17) is 4.74 Å². The van der Waals surface area contributed by atoms with E-state index in [-0.39, 0.29) is 17.4 Å². The van der Waals surface area contributed by atoms with Crippen LogP contribution < -0.4 is 10.1 Å². The Balaban J connectivity index is 1.80. The molecule has 140 valence electrons. The Bertz CT molecular complexity index is 869. The first kappa shape index (κ1) is 18.8. The van der Waals surface area contributed by atoms with E-state index in [0.717, 1.165) is 30.4 Å². The molecule has 0 spiro atoms. The summed E-state index contributed by atoms with van der Waals surface area (Å²) in [6.45, 7) is 6.02. The van der Waals surface area contributed by atoms with Crippen molar-refractivity contribution in [1.29, 1.82) is 0 Å². The average molecular weight is 363 g/mol. The van der Waals surface area contributed by atoms with Crippen LogP contribution in [0.1, 0.15) is 43.7 Å². The van der Waals surface area contributed by atoms with Gasteiger partial charge in [-0.15, -0.1) is 0 Å². The van der Waals surface area contributed by atoms with Crippen molar-refractivity contribution in [3.05, 3.63) is 71.5 Å². The van der Waals surface area contributed by atoms with Crippen molar-refractivity contribution in [2.45, 2.75) is 39.0 Å². The number of hydrogen-bond acceptors (Lipinski definition) is 3. The largest absolute Gasteiger partial charge is 0.508 e. The third-order valence-electron chi connectivity index (χ3n) is 4.62. The summed E-state index contributed by atoms with van der Waals surface area (Å²) in [6.07, 6.45) is 7.11. The summed E-state index contributed by atoms with van der Waals surface area (Å²) in [5.41, 5.74) is 2.75. The number of aromatic hydroxyl groups is 1. The second kappa shape index (κ2) is 8.58.